The molecule has 0 N–H and O–H groups in total. The number of rotatable bonds is 4. The molecule has 21 heavy (non-hydrogen) atoms. The van der Waals surface area contributed by atoms with E-state index in [0.717, 1.165) is 0 Å². The first-order chi connectivity index (χ1) is 9.91. The van der Waals surface area contributed by atoms with E-state index >= 15 is 0 Å². The minimum Gasteiger partial charge on any atom is -0.0625 e. The minimum absolute atomic E-state index is 0.268. The van der Waals surface area contributed by atoms with E-state index in [9.17, 15) is 0 Å². The van der Waals surface area contributed by atoms with Crippen LogP contribution in [-0.4, -0.2) is 0 Å². The summed E-state index contributed by atoms with van der Waals surface area (Å²) < 4.78 is 0. The van der Waals surface area contributed by atoms with Gasteiger partial charge in [0.2, 0.25) is 0 Å². The summed E-state index contributed by atoms with van der Waals surface area (Å²) in [5.74, 6) is 1.69. The molecule has 0 fully saturated rings. The van der Waals surface area contributed by atoms with Crippen molar-refractivity contribution in [1.82, 2.24) is 0 Å². The van der Waals surface area contributed by atoms with Crippen molar-refractivity contribution in [3.63, 3.8) is 0 Å². The van der Waals surface area contributed by atoms with E-state index in [1.165, 1.54) is 11.1 Å². The monoisotopic (exact) mass is 280 g/mol. The average molecular weight is 280 g/mol. The molecular formula is C21H28. The number of hydrogen-bond acceptors (Lipinski definition) is 0. The highest BCUT2D eigenvalue weighted by molar-refractivity contribution is 5.34. The molecule has 0 radical (unpaired) electrons. The third-order valence-corrected chi connectivity index (χ3v) is 4.39. The molecule has 2 aromatic rings. The molecule has 0 heterocycles. The first kappa shape index (κ1) is 15.8. The highest BCUT2D eigenvalue weighted by atomic mass is 14.4. The van der Waals surface area contributed by atoms with E-state index in [2.05, 4.69) is 95.3 Å². The van der Waals surface area contributed by atoms with Crippen LogP contribution < -0.4 is 0 Å². The third kappa shape index (κ3) is 3.75. The van der Waals surface area contributed by atoms with Crippen molar-refractivity contribution >= 4 is 0 Å². The predicted molar refractivity (Wildman–Crippen MR) is 92.5 cm³/mol. The second-order valence-corrected chi connectivity index (χ2v) is 7.43. The lowest BCUT2D eigenvalue weighted by molar-refractivity contribution is 0.157. The molecule has 112 valence electrons. The Balaban J connectivity index is 2.55. The average Bonchev–Trinajstić information content (AvgIpc) is 2.44. The van der Waals surface area contributed by atoms with E-state index in [0.29, 0.717) is 17.8 Å². The van der Waals surface area contributed by atoms with Gasteiger partial charge in [-0.15, -0.1) is 0 Å². The molecule has 0 bridgehead atoms. The zero-order chi connectivity index (χ0) is 15.5. The van der Waals surface area contributed by atoms with Crippen molar-refractivity contribution in [1.29, 1.82) is 0 Å². The van der Waals surface area contributed by atoms with Gasteiger partial charge in [0.05, 0.1) is 0 Å². The summed E-state index contributed by atoms with van der Waals surface area (Å²) in [6.45, 7) is 11.8. The zero-order valence-electron chi connectivity index (χ0n) is 14.0. The van der Waals surface area contributed by atoms with Gasteiger partial charge in [0.15, 0.2) is 0 Å². The highest BCUT2D eigenvalue weighted by Gasteiger charge is 2.36. The topological polar surface area (TPSA) is 0 Å². The first-order valence-electron chi connectivity index (χ1n) is 8.01. The van der Waals surface area contributed by atoms with Crippen LogP contribution in [0.1, 0.15) is 51.7 Å². The molecule has 0 saturated heterocycles. The molecule has 0 saturated carbocycles. The van der Waals surface area contributed by atoms with Crippen molar-refractivity contribution < 1.29 is 0 Å². The van der Waals surface area contributed by atoms with Gasteiger partial charge in [0.25, 0.3) is 0 Å². The Labute approximate surface area is 130 Å². The van der Waals surface area contributed by atoms with Crippen LogP contribution in [-0.2, 0) is 0 Å². The van der Waals surface area contributed by atoms with Gasteiger partial charge >= 0.3 is 0 Å². The van der Waals surface area contributed by atoms with Crippen molar-refractivity contribution in [2.45, 2.75) is 40.5 Å². The van der Waals surface area contributed by atoms with Crippen molar-refractivity contribution in [3.8, 4) is 0 Å². The Bertz CT molecular complexity index is 492. The maximum Gasteiger partial charge on any atom is 0.0125 e. The molecule has 0 aliphatic rings. The van der Waals surface area contributed by atoms with E-state index in [4.69, 9.17) is 0 Å². The van der Waals surface area contributed by atoms with Crippen molar-refractivity contribution in [2.24, 2.45) is 17.3 Å². The Morgan fingerprint density at radius 2 is 1.05 bits per heavy atom. The first-order valence-corrected chi connectivity index (χ1v) is 8.01. The SMILES string of the molecule is CC(C)C(C(c1ccccc1)c1ccccc1)C(C)(C)C. The number of hydrogen-bond donors (Lipinski definition) is 0. The zero-order valence-corrected chi connectivity index (χ0v) is 14.0. The molecule has 1 unspecified atom stereocenters. The Kier molecular flexibility index (Phi) is 4.88. The van der Waals surface area contributed by atoms with Crippen LogP contribution in [0.15, 0.2) is 60.7 Å². The molecule has 0 aromatic heterocycles. The molecule has 2 rings (SSSR count). The minimum atomic E-state index is 0.268. The second-order valence-electron chi connectivity index (χ2n) is 7.43. The van der Waals surface area contributed by atoms with Crippen molar-refractivity contribution in [2.75, 3.05) is 0 Å². The van der Waals surface area contributed by atoms with E-state index in [1.54, 1.807) is 0 Å². The molecule has 0 amide bonds. The van der Waals surface area contributed by atoms with Crippen LogP contribution >= 0.6 is 0 Å². The smallest absolute Gasteiger partial charge is 0.0125 e. The van der Waals surface area contributed by atoms with Gasteiger partial charge in [-0.05, 0) is 28.4 Å². The second kappa shape index (κ2) is 6.47. The largest absolute Gasteiger partial charge is 0.0625 e. The Morgan fingerprint density at radius 3 is 1.33 bits per heavy atom. The van der Waals surface area contributed by atoms with Gasteiger partial charge in [-0.1, -0.05) is 95.3 Å². The fraction of sp³-hybridized carbons (Fsp3) is 0.429. The van der Waals surface area contributed by atoms with Crippen LogP contribution in [0.25, 0.3) is 0 Å². The van der Waals surface area contributed by atoms with Gasteiger partial charge in [0.1, 0.15) is 0 Å². The predicted octanol–water partition coefficient (Wildman–Crippen LogP) is 6.14. The lowest BCUT2D eigenvalue weighted by Gasteiger charge is -2.41. The highest BCUT2D eigenvalue weighted by Crippen LogP contribution is 2.45. The maximum absolute atomic E-state index is 2.37. The Hall–Kier alpha value is -1.56. The summed E-state index contributed by atoms with van der Waals surface area (Å²) in [4.78, 5) is 0. The van der Waals surface area contributed by atoms with E-state index in [-0.39, 0.29) is 5.41 Å². The normalized spacial score (nSPS) is 13.7. The quantitative estimate of drug-likeness (QED) is 0.631. The molecular weight excluding hydrogens is 252 g/mol. The van der Waals surface area contributed by atoms with Crippen molar-refractivity contribution in [3.05, 3.63) is 71.8 Å². The van der Waals surface area contributed by atoms with Gasteiger partial charge < -0.3 is 0 Å². The fourth-order valence-corrected chi connectivity index (χ4v) is 3.81. The molecule has 0 spiro atoms. The maximum atomic E-state index is 2.37. The van der Waals surface area contributed by atoms with Crippen LogP contribution in [0.4, 0.5) is 0 Å². The van der Waals surface area contributed by atoms with Gasteiger partial charge in [-0.25, -0.2) is 0 Å². The lowest BCUT2D eigenvalue weighted by Crippen LogP contribution is -2.32. The summed E-state index contributed by atoms with van der Waals surface area (Å²) in [6.07, 6.45) is 0. The molecule has 0 aliphatic heterocycles. The molecule has 0 heteroatoms. The van der Waals surface area contributed by atoms with E-state index in [1.807, 2.05) is 0 Å². The van der Waals surface area contributed by atoms with Crippen LogP contribution in [0.5, 0.6) is 0 Å². The van der Waals surface area contributed by atoms with Crippen LogP contribution in [0.3, 0.4) is 0 Å². The standard InChI is InChI=1S/C21H28/c1-16(2)20(21(3,4)5)19(17-12-8-6-9-13-17)18-14-10-7-11-15-18/h6-16,19-20H,1-5H3. The lowest BCUT2D eigenvalue weighted by atomic mass is 9.64. The van der Waals surface area contributed by atoms with Crippen LogP contribution in [0, 0.1) is 17.3 Å². The molecule has 0 aliphatic carbocycles. The summed E-state index contributed by atoms with van der Waals surface area (Å²) in [5.41, 5.74) is 3.12. The van der Waals surface area contributed by atoms with Gasteiger partial charge in [0, 0.05) is 5.92 Å². The molecule has 1 atom stereocenters. The van der Waals surface area contributed by atoms with Gasteiger partial charge in [-0.3, -0.25) is 0 Å². The number of benzene rings is 2. The third-order valence-electron chi connectivity index (χ3n) is 4.39. The van der Waals surface area contributed by atoms with E-state index < -0.39 is 0 Å². The molecule has 2 aromatic carbocycles. The summed E-state index contributed by atoms with van der Waals surface area (Å²) in [7, 11) is 0. The summed E-state index contributed by atoms with van der Waals surface area (Å²) >= 11 is 0. The Morgan fingerprint density at radius 1 is 0.667 bits per heavy atom. The summed E-state index contributed by atoms with van der Waals surface area (Å²) in [6, 6.07) is 21.9. The fourth-order valence-electron chi connectivity index (χ4n) is 3.81. The summed E-state index contributed by atoms with van der Waals surface area (Å²) in [5, 5.41) is 0. The van der Waals surface area contributed by atoms with Crippen LogP contribution in [0.2, 0.25) is 0 Å². The molecule has 0 nitrogen and oxygen atoms in total. The van der Waals surface area contributed by atoms with Gasteiger partial charge in [-0.2, -0.15) is 0 Å².